The van der Waals surface area contributed by atoms with Crippen LogP contribution in [0.2, 0.25) is 5.02 Å². The van der Waals surface area contributed by atoms with E-state index >= 15 is 0 Å². The molecule has 0 spiro atoms. The first-order chi connectivity index (χ1) is 7.58. The molecule has 0 fully saturated rings. The van der Waals surface area contributed by atoms with E-state index in [1.807, 2.05) is 0 Å². The molecule has 2 aromatic rings. The molecule has 1 N–H and O–H groups in total. The lowest BCUT2D eigenvalue weighted by Crippen LogP contribution is -2.00. The highest BCUT2D eigenvalue weighted by atomic mass is 79.9. The topological polar surface area (TPSA) is 55.1 Å². The summed E-state index contributed by atoms with van der Waals surface area (Å²) in [5.41, 5.74) is 0.950. The first-order valence-electron chi connectivity index (χ1n) is 4.31. The molecule has 6 heteroatoms. The molecule has 1 heterocycles. The molecule has 0 amide bonds. The van der Waals surface area contributed by atoms with E-state index in [0.717, 1.165) is 5.69 Å². The fourth-order valence-corrected chi connectivity index (χ4v) is 1.93. The highest BCUT2D eigenvalue weighted by molar-refractivity contribution is 9.10. The van der Waals surface area contributed by atoms with Gasteiger partial charge in [0.2, 0.25) is 0 Å². The van der Waals surface area contributed by atoms with Crippen molar-refractivity contribution in [3.8, 4) is 5.69 Å². The largest absolute Gasteiger partial charge is 0.478 e. The number of benzene rings is 1. The number of nitrogens with zero attached hydrogens (tertiary/aromatic N) is 2. The Labute approximate surface area is 105 Å². The molecule has 0 unspecified atom stereocenters. The van der Waals surface area contributed by atoms with E-state index in [0.29, 0.717) is 9.50 Å². The number of rotatable bonds is 2. The molecule has 0 saturated heterocycles. The Morgan fingerprint density at radius 3 is 2.75 bits per heavy atom. The van der Waals surface area contributed by atoms with Gasteiger partial charge < -0.3 is 5.11 Å². The lowest BCUT2D eigenvalue weighted by Gasteiger charge is -2.04. The Balaban J connectivity index is 2.45. The summed E-state index contributed by atoms with van der Waals surface area (Å²) in [6.07, 6.45) is 3.16. The van der Waals surface area contributed by atoms with Crippen LogP contribution in [0.3, 0.4) is 0 Å². The lowest BCUT2D eigenvalue weighted by atomic mass is 10.2. The fourth-order valence-electron chi connectivity index (χ4n) is 1.26. The Morgan fingerprint density at radius 1 is 1.50 bits per heavy atom. The summed E-state index contributed by atoms with van der Waals surface area (Å²) in [4.78, 5) is 10.8. The second kappa shape index (κ2) is 4.27. The van der Waals surface area contributed by atoms with Gasteiger partial charge >= 0.3 is 5.97 Å². The van der Waals surface area contributed by atoms with Crippen molar-refractivity contribution < 1.29 is 9.90 Å². The van der Waals surface area contributed by atoms with Gasteiger partial charge in [0.1, 0.15) is 0 Å². The molecule has 16 heavy (non-hydrogen) atoms. The summed E-state index contributed by atoms with van der Waals surface area (Å²) in [5, 5.41) is 13.4. The van der Waals surface area contributed by atoms with Gasteiger partial charge in [0.15, 0.2) is 0 Å². The minimum Gasteiger partial charge on any atom is -0.478 e. The zero-order valence-electron chi connectivity index (χ0n) is 7.89. The Morgan fingerprint density at radius 2 is 2.25 bits per heavy atom. The van der Waals surface area contributed by atoms with Crippen molar-refractivity contribution >= 4 is 33.5 Å². The average Bonchev–Trinajstić information content (AvgIpc) is 2.64. The maximum Gasteiger partial charge on any atom is 0.336 e. The third-order valence-electron chi connectivity index (χ3n) is 2.00. The first-order valence-corrected chi connectivity index (χ1v) is 5.48. The van der Waals surface area contributed by atoms with Crippen molar-refractivity contribution in [1.82, 2.24) is 9.78 Å². The number of carboxylic acid groups (broad SMARTS) is 1. The lowest BCUT2D eigenvalue weighted by molar-refractivity contribution is 0.0696. The summed E-state index contributed by atoms with van der Waals surface area (Å²) in [6.45, 7) is 0. The van der Waals surface area contributed by atoms with Crippen LogP contribution in [-0.2, 0) is 0 Å². The van der Waals surface area contributed by atoms with Crippen molar-refractivity contribution in [3.05, 3.63) is 45.7 Å². The van der Waals surface area contributed by atoms with Crippen LogP contribution in [0.4, 0.5) is 0 Å². The monoisotopic (exact) mass is 300 g/mol. The van der Waals surface area contributed by atoms with Gasteiger partial charge in [0.05, 0.1) is 22.5 Å². The van der Waals surface area contributed by atoms with E-state index in [4.69, 9.17) is 16.7 Å². The van der Waals surface area contributed by atoms with Gasteiger partial charge in [-0.2, -0.15) is 5.10 Å². The van der Waals surface area contributed by atoms with Crippen molar-refractivity contribution in [2.45, 2.75) is 0 Å². The molecule has 0 saturated carbocycles. The average molecular weight is 302 g/mol. The minimum absolute atomic E-state index is 0.210. The molecule has 0 aliphatic heterocycles. The van der Waals surface area contributed by atoms with Crippen LogP contribution in [0, 0.1) is 0 Å². The summed E-state index contributed by atoms with van der Waals surface area (Å²) < 4.78 is 2.07. The van der Waals surface area contributed by atoms with Crippen LogP contribution in [0.1, 0.15) is 10.4 Å². The molecule has 0 aliphatic carbocycles. The third-order valence-corrected chi connectivity index (χ3v) is 2.85. The van der Waals surface area contributed by atoms with Gasteiger partial charge in [0, 0.05) is 10.7 Å². The van der Waals surface area contributed by atoms with Gasteiger partial charge in [0.25, 0.3) is 0 Å². The number of aromatic nitrogens is 2. The highest BCUT2D eigenvalue weighted by Crippen LogP contribution is 2.21. The predicted octanol–water partition coefficient (Wildman–Crippen LogP) is 2.99. The second-order valence-electron chi connectivity index (χ2n) is 3.07. The van der Waals surface area contributed by atoms with Gasteiger partial charge in [-0.05, 0) is 34.1 Å². The van der Waals surface area contributed by atoms with Gasteiger partial charge in [-0.1, -0.05) is 11.6 Å². The first kappa shape index (κ1) is 11.2. The Hall–Kier alpha value is -1.33. The van der Waals surface area contributed by atoms with E-state index < -0.39 is 5.97 Å². The maximum absolute atomic E-state index is 10.8. The van der Waals surface area contributed by atoms with Crippen LogP contribution in [-0.4, -0.2) is 20.9 Å². The number of hydrogen-bond donors (Lipinski definition) is 1. The standard InChI is InChI=1S/C10H6BrClN2O2/c11-9-3-7(1-2-8(9)10(15)16)14-5-6(12)4-13-14/h1-5H,(H,15,16). The normalized spacial score (nSPS) is 10.4. The molecule has 1 aromatic heterocycles. The van der Waals surface area contributed by atoms with Crippen LogP contribution in [0.25, 0.3) is 5.69 Å². The predicted molar refractivity (Wildman–Crippen MR) is 63.2 cm³/mol. The van der Waals surface area contributed by atoms with E-state index in [1.54, 1.807) is 23.0 Å². The summed E-state index contributed by atoms with van der Waals surface area (Å²) >= 11 is 8.94. The van der Waals surface area contributed by atoms with E-state index in [1.165, 1.54) is 12.3 Å². The number of carbonyl (C=O) groups is 1. The molecule has 0 atom stereocenters. The second-order valence-corrected chi connectivity index (χ2v) is 4.36. The molecule has 0 bridgehead atoms. The zero-order valence-corrected chi connectivity index (χ0v) is 10.2. The molecular weight excluding hydrogens is 295 g/mol. The van der Waals surface area contributed by atoms with Gasteiger partial charge in [-0.25, -0.2) is 9.48 Å². The molecule has 1 aromatic carbocycles. The van der Waals surface area contributed by atoms with Crippen LogP contribution < -0.4 is 0 Å². The quantitative estimate of drug-likeness (QED) is 0.927. The zero-order chi connectivity index (χ0) is 11.7. The highest BCUT2D eigenvalue weighted by Gasteiger charge is 2.09. The van der Waals surface area contributed by atoms with Crippen molar-refractivity contribution in [2.75, 3.05) is 0 Å². The Bertz CT molecular complexity index is 554. The van der Waals surface area contributed by atoms with Gasteiger partial charge in [-0.15, -0.1) is 0 Å². The third kappa shape index (κ3) is 2.10. The van der Waals surface area contributed by atoms with E-state index in [-0.39, 0.29) is 5.56 Å². The molecule has 0 aliphatic rings. The number of aromatic carboxylic acids is 1. The maximum atomic E-state index is 10.8. The van der Waals surface area contributed by atoms with Crippen molar-refractivity contribution in [2.24, 2.45) is 0 Å². The summed E-state index contributed by atoms with van der Waals surface area (Å²) in [6, 6.07) is 4.85. The van der Waals surface area contributed by atoms with Crippen LogP contribution in [0.5, 0.6) is 0 Å². The van der Waals surface area contributed by atoms with E-state index in [2.05, 4.69) is 21.0 Å². The molecule has 2 rings (SSSR count). The summed E-state index contributed by atoms with van der Waals surface area (Å²) in [7, 11) is 0. The number of carboxylic acids is 1. The molecule has 82 valence electrons. The fraction of sp³-hybridized carbons (Fsp3) is 0. The van der Waals surface area contributed by atoms with Crippen molar-refractivity contribution in [3.63, 3.8) is 0 Å². The number of halogens is 2. The van der Waals surface area contributed by atoms with E-state index in [9.17, 15) is 4.79 Å². The molecule has 4 nitrogen and oxygen atoms in total. The van der Waals surface area contributed by atoms with Gasteiger partial charge in [-0.3, -0.25) is 0 Å². The van der Waals surface area contributed by atoms with Crippen molar-refractivity contribution in [1.29, 1.82) is 0 Å². The van der Waals surface area contributed by atoms with Crippen LogP contribution >= 0.6 is 27.5 Å². The van der Waals surface area contributed by atoms with Crippen LogP contribution in [0.15, 0.2) is 35.1 Å². The summed E-state index contributed by atoms with van der Waals surface area (Å²) in [5.74, 6) is -0.975. The molecular formula is C10H6BrClN2O2. The smallest absolute Gasteiger partial charge is 0.336 e. The SMILES string of the molecule is O=C(O)c1ccc(-n2cc(Cl)cn2)cc1Br. The molecule has 0 radical (unpaired) electrons. The minimum atomic E-state index is -0.975. The number of hydrogen-bond acceptors (Lipinski definition) is 2. The Kier molecular flexibility index (Phi) is 2.98.